The summed E-state index contributed by atoms with van der Waals surface area (Å²) < 4.78 is 5.20. The normalized spacial score (nSPS) is 15.8. The Morgan fingerprint density at radius 3 is 2.63 bits per heavy atom. The number of likely N-dealkylation sites (tertiary alicyclic amines) is 1. The molecule has 6 nitrogen and oxygen atoms in total. The summed E-state index contributed by atoms with van der Waals surface area (Å²) in [6, 6.07) is 16.1. The van der Waals surface area contributed by atoms with Crippen molar-refractivity contribution in [1.29, 1.82) is 0 Å². The monoisotopic (exact) mass is 364 g/mol. The van der Waals surface area contributed by atoms with Crippen LogP contribution in [0.25, 0.3) is 22.8 Å². The van der Waals surface area contributed by atoms with Crippen molar-refractivity contribution < 1.29 is 9.84 Å². The fourth-order valence-corrected chi connectivity index (χ4v) is 3.41. The van der Waals surface area contributed by atoms with Gasteiger partial charge in [-0.25, -0.2) is 4.98 Å². The zero-order valence-corrected chi connectivity index (χ0v) is 15.4. The van der Waals surface area contributed by atoms with Crippen LogP contribution in [0.15, 0.2) is 48.5 Å². The maximum atomic E-state index is 9.66. The third kappa shape index (κ3) is 4.18. The maximum Gasteiger partial charge on any atom is 0.181 e. The van der Waals surface area contributed by atoms with E-state index in [4.69, 9.17) is 4.74 Å². The Morgan fingerprint density at radius 1 is 1.11 bits per heavy atom. The smallest absolute Gasteiger partial charge is 0.181 e. The Balaban J connectivity index is 1.49. The van der Waals surface area contributed by atoms with Gasteiger partial charge in [-0.2, -0.15) is 5.10 Å². The van der Waals surface area contributed by atoms with Gasteiger partial charge in [0.15, 0.2) is 11.6 Å². The highest BCUT2D eigenvalue weighted by atomic mass is 16.5. The minimum absolute atomic E-state index is 0.141. The number of aromatic nitrogens is 3. The highest BCUT2D eigenvalue weighted by molar-refractivity contribution is 5.62. The summed E-state index contributed by atoms with van der Waals surface area (Å²) in [6.45, 7) is 2.76. The first-order chi connectivity index (χ1) is 13.2. The number of hydrogen-bond donors (Lipinski definition) is 2. The first kappa shape index (κ1) is 17.7. The molecule has 0 unspecified atom stereocenters. The molecule has 3 aromatic rings. The lowest BCUT2D eigenvalue weighted by molar-refractivity contribution is 0.0792. The first-order valence-corrected chi connectivity index (χ1v) is 9.28. The quantitative estimate of drug-likeness (QED) is 0.728. The number of H-pyrrole nitrogens is 1. The number of nitrogens with zero attached hydrogens (tertiary/aromatic N) is 3. The third-order valence-electron chi connectivity index (χ3n) is 5.00. The van der Waals surface area contributed by atoms with Gasteiger partial charge < -0.3 is 9.84 Å². The highest BCUT2D eigenvalue weighted by Gasteiger charge is 2.17. The summed E-state index contributed by atoms with van der Waals surface area (Å²) in [5.41, 5.74) is 3.21. The van der Waals surface area contributed by atoms with E-state index in [1.165, 1.54) is 5.56 Å². The van der Waals surface area contributed by atoms with Gasteiger partial charge in [0.25, 0.3) is 0 Å². The molecule has 1 saturated heterocycles. The molecule has 0 atom stereocenters. The van der Waals surface area contributed by atoms with Gasteiger partial charge in [-0.05, 0) is 48.7 Å². The van der Waals surface area contributed by atoms with E-state index in [-0.39, 0.29) is 6.10 Å². The summed E-state index contributed by atoms with van der Waals surface area (Å²) in [7, 11) is 1.65. The molecule has 140 valence electrons. The molecule has 0 amide bonds. The van der Waals surface area contributed by atoms with Crippen LogP contribution in [0, 0.1) is 0 Å². The van der Waals surface area contributed by atoms with Gasteiger partial charge in [-0.1, -0.05) is 18.2 Å². The lowest BCUT2D eigenvalue weighted by Gasteiger charge is -2.29. The first-order valence-electron chi connectivity index (χ1n) is 9.28. The summed E-state index contributed by atoms with van der Waals surface area (Å²) in [5, 5.41) is 17.1. The van der Waals surface area contributed by atoms with Crippen molar-refractivity contribution in [3.05, 3.63) is 54.1 Å². The zero-order valence-electron chi connectivity index (χ0n) is 15.4. The summed E-state index contributed by atoms with van der Waals surface area (Å²) in [5.74, 6) is 2.25. The predicted molar refractivity (Wildman–Crippen MR) is 104 cm³/mol. The van der Waals surface area contributed by atoms with Crippen molar-refractivity contribution in [3.8, 4) is 28.5 Å². The predicted octanol–water partition coefficient (Wildman–Crippen LogP) is 3.10. The van der Waals surface area contributed by atoms with Crippen molar-refractivity contribution in [2.75, 3.05) is 20.2 Å². The minimum atomic E-state index is -0.141. The number of methoxy groups -OCH3 is 1. The topological polar surface area (TPSA) is 74.3 Å². The van der Waals surface area contributed by atoms with Gasteiger partial charge in [0.2, 0.25) is 0 Å². The number of hydrogen-bond acceptors (Lipinski definition) is 5. The van der Waals surface area contributed by atoms with Crippen LogP contribution in [-0.2, 0) is 6.54 Å². The van der Waals surface area contributed by atoms with Gasteiger partial charge >= 0.3 is 0 Å². The van der Waals surface area contributed by atoms with Crippen LogP contribution in [0.4, 0.5) is 0 Å². The van der Waals surface area contributed by atoms with E-state index >= 15 is 0 Å². The van der Waals surface area contributed by atoms with Crippen LogP contribution in [0.3, 0.4) is 0 Å². The van der Waals surface area contributed by atoms with E-state index in [1.54, 1.807) is 7.11 Å². The van der Waals surface area contributed by atoms with E-state index in [2.05, 4.69) is 32.2 Å². The van der Waals surface area contributed by atoms with Gasteiger partial charge in [0, 0.05) is 30.8 Å². The number of aliphatic hydroxyl groups is 1. The van der Waals surface area contributed by atoms with Crippen LogP contribution in [0.5, 0.6) is 5.75 Å². The second kappa shape index (κ2) is 7.90. The molecule has 1 aromatic heterocycles. The lowest BCUT2D eigenvalue weighted by atomic mass is 10.1. The van der Waals surface area contributed by atoms with Gasteiger partial charge in [-0.3, -0.25) is 10.00 Å². The second-order valence-electron chi connectivity index (χ2n) is 6.94. The van der Waals surface area contributed by atoms with Crippen molar-refractivity contribution in [2.24, 2.45) is 0 Å². The van der Waals surface area contributed by atoms with Gasteiger partial charge in [-0.15, -0.1) is 0 Å². The number of nitrogens with one attached hydrogen (secondary N) is 1. The zero-order chi connectivity index (χ0) is 18.6. The minimum Gasteiger partial charge on any atom is -0.497 e. The molecule has 0 bridgehead atoms. The summed E-state index contributed by atoms with van der Waals surface area (Å²) in [6.07, 6.45) is 1.56. The SMILES string of the molecule is COc1ccc(-c2nc(-c3cccc(CN4CCC(O)CC4)c3)n[nH]2)cc1. The van der Waals surface area contributed by atoms with Crippen LogP contribution in [0.1, 0.15) is 18.4 Å². The Morgan fingerprint density at radius 2 is 1.89 bits per heavy atom. The number of rotatable bonds is 5. The van der Waals surface area contributed by atoms with Crippen molar-refractivity contribution in [3.63, 3.8) is 0 Å². The largest absolute Gasteiger partial charge is 0.497 e. The molecule has 0 saturated carbocycles. The average Bonchev–Trinajstić information content (AvgIpc) is 3.20. The summed E-state index contributed by atoms with van der Waals surface area (Å²) >= 11 is 0. The molecule has 1 aliphatic heterocycles. The molecule has 2 heterocycles. The number of ether oxygens (including phenoxy) is 1. The summed E-state index contributed by atoms with van der Waals surface area (Å²) in [4.78, 5) is 7.03. The Bertz CT molecular complexity index is 883. The van der Waals surface area contributed by atoms with Crippen LogP contribution >= 0.6 is 0 Å². The van der Waals surface area contributed by atoms with E-state index in [0.29, 0.717) is 5.82 Å². The second-order valence-corrected chi connectivity index (χ2v) is 6.94. The van der Waals surface area contributed by atoms with E-state index in [1.807, 2.05) is 36.4 Å². The van der Waals surface area contributed by atoms with Crippen molar-refractivity contribution in [2.45, 2.75) is 25.5 Å². The molecule has 1 fully saturated rings. The number of benzene rings is 2. The van der Waals surface area contributed by atoms with E-state index in [0.717, 1.165) is 55.2 Å². The Labute approximate surface area is 158 Å². The molecule has 6 heteroatoms. The third-order valence-corrected chi connectivity index (χ3v) is 5.00. The molecule has 0 radical (unpaired) electrons. The van der Waals surface area contributed by atoms with Gasteiger partial charge in [0.05, 0.1) is 13.2 Å². The number of piperidine rings is 1. The Hall–Kier alpha value is -2.70. The van der Waals surface area contributed by atoms with Gasteiger partial charge in [0.1, 0.15) is 5.75 Å². The molecule has 4 rings (SSSR count). The van der Waals surface area contributed by atoms with E-state index < -0.39 is 0 Å². The fourth-order valence-electron chi connectivity index (χ4n) is 3.41. The van der Waals surface area contributed by atoms with Crippen molar-refractivity contribution >= 4 is 0 Å². The average molecular weight is 364 g/mol. The molecule has 2 aromatic carbocycles. The maximum absolute atomic E-state index is 9.66. The van der Waals surface area contributed by atoms with E-state index in [9.17, 15) is 5.11 Å². The van der Waals surface area contributed by atoms with Crippen LogP contribution in [0.2, 0.25) is 0 Å². The molecular weight excluding hydrogens is 340 g/mol. The standard InChI is InChI=1S/C21H24N4O2/c1-27-19-7-5-16(6-8-19)20-22-21(24-23-20)17-4-2-3-15(13-17)14-25-11-9-18(26)10-12-25/h2-8,13,18,26H,9-12,14H2,1H3,(H,22,23,24). The molecule has 2 N–H and O–H groups in total. The molecule has 1 aliphatic rings. The molecular formula is C21H24N4O2. The molecule has 0 aliphatic carbocycles. The Kier molecular flexibility index (Phi) is 5.18. The fraction of sp³-hybridized carbons (Fsp3) is 0.333. The molecule has 0 spiro atoms. The highest BCUT2D eigenvalue weighted by Crippen LogP contribution is 2.23. The van der Waals surface area contributed by atoms with Crippen LogP contribution in [-0.4, -0.2) is 51.5 Å². The van der Waals surface area contributed by atoms with Crippen molar-refractivity contribution in [1.82, 2.24) is 20.1 Å². The molecule has 27 heavy (non-hydrogen) atoms. The number of aliphatic hydroxyl groups excluding tert-OH is 1. The number of aromatic amines is 1. The lowest BCUT2D eigenvalue weighted by Crippen LogP contribution is -2.35. The van der Waals surface area contributed by atoms with Crippen LogP contribution < -0.4 is 4.74 Å².